The van der Waals surface area contributed by atoms with Crippen LogP contribution in [0.3, 0.4) is 0 Å². The van der Waals surface area contributed by atoms with Gasteiger partial charge in [0, 0.05) is 24.5 Å². The van der Waals surface area contributed by atoms with Gasteiger partial charge in [-0.05, 0) is 25.2 Å². The third-order valence-electron chi connectivity index (χ3n) is 3.02. The maximum atomic E-state index is 12.3. The first-order valence-electron chi connectivity index (χ1n) is 6.33. The summed E-state index contributed by atoms with van der Waals surface area (Å²) in [6, 6.07) is 6.49. The van der Waals surface area contributed by atoms with Crippen molar-refractivity contribution in [2.75, 3.05) is 18.6 Å². The predicted molar refractivity (Wildman–Crippen MR) is 76.9 cm³/mol. The van der Waals surface area contributed by atoms with Crippen LogP contribution in [-0.4, -0.2) is 27.2 Å². The summed E-state index contributed by atoms with van der Waals surface area (Å²) < 4.78 is 37.5. The first-order valence-corrected chi connectivity index (χ1v) is 7.81. The van der Waals surface area contributed by atoms with E-state index >= 15 is 0 Å². The van der Waals surface area contributed by atoms with Crippen LogP contribution in [0.1, 0.15) is 5.69 Å². The number of benzene rings is 1. The van der Waals surface area contributed by atoms with E-state index in [-0.39, 0.29) is 11.7 Å². The van der Waals surface area contributed by atoms with Gasteiger partial charge in [0.2, 0.25) is 6.79 Å². The maximum Gasteiger partial charge on any atom is 0.263 e. The Labute approximate surface area is 122 Å². The molecular weight excluding hydrogens is 294 g/mol. The molecule has 8 heteroatoms. The van der Waals surface area contributed by atoms with Crippen molar-refractivity contribution in [3.8, 4) is 11.5 Å². The second-order valence-electron chi connectivity index (χ2n) is 4.56. The molecule has 0 saturated carbocycles. The first-order chi connectivity index (χ1) is 10.1. The monoisotopic (exact) mass is 309 g/mol. The SMILES string of the molecule is CNCc1cc(S(=O)(=O)Nc2ccc3c(c2)OCO3)c[nH]1. The van der Waals surface area contributed by atoms with Gasteiger partial charge in [0.1, 0.15) is 4.90 Å². The predicted octanol–water partition coefficient (Wildman–Crippen LogP) is 1.26. The lowest BCUT2D eigenvalue weighted by molar-refractivity contribution is 0.174. The summed E-state index contributed by atoms with van der Waals surface area (Å²) >= 11 is 0. The molecule has 0 fully saturated rings. The van der Waals surface area contributed by atoms with E-state index in [0.717, 1.165) is 5.69 Å². The fourth-order valence-electron chi connectivity index (χ4n) is 2.04. The van der Waals surface area contributed by atoms with E-state index in [1.165, 1.54) is 6.20 Å². The van der Waals surface area contributed by atoms with Gasteiger partial charge < -0.3 is 19.8 Å². The van der Waals surface area contributed by atoms with Gasteiger partial charge in [-0.25, -0.2) is 8.42 Å². The van der Waals surface area contributed by atoms with Crippen LogP contribution in [0.25, 0.3) is 0 Å². The van der Waals surface area contributed by atoms with Crippen molar-refractivity contribution in [2.45, 2.75) is 11.4 Å². The second kappa shape index (κ2) is 5.30. The van der Waals surface area contributed by atoms with E-state index in [1.54, 1.807) is 31.3 Å². The lowest BCUT2D eigenvalue weighted by atomic mass is 10.3. The first kappa shape index (κ1) is 13.8. The molecule has 0 spiro atoms. The molecular formula is C13H15N3O4S. The number of hydrogen-bond donors (Lipinski definition) is 3. The van der Waals surface area contributed by atoms with Crippen molar-refractivity contribution in [2.24, 2.45) is 0 Å². The minimum absolute atomic E-state index is 0.150. The highest BCUT2D eigenvalue weighted by Gasteiger charge is 2.19. The molecule has 0 saturated heterocycles. The zero-order valence-electron chi connectivity index (χ0n) is 11.3. The molecule has 0 radical (unpaired) electrons. The quantitative estimate of drug-likeness (QED) is 0.773. The van der Waals surface area contributed by atoms with Crippen molar-refractivity contribution < 1.29 is 17.9 Å². The molecule has 3 rings (SSSR count). The highest BCUT2D eigenvalue weighted by molar-refractivity contribution is 7.92. The van der Waals surface area contributed by atoms with Crippen LogP contribution in [0.4, 0.5) is 5.69 Å². The van der Waals surface area contributed by atoms with E-state index in [0.29, 0.717) is 23.7 Å². The van der Waals surface area contributed by atoms with Crippen LogP contribution in [0.15, 0.2) is 35.4 Å². The number of nitrogens with one attached hydrogen (secondary N) is 3. The van der Waals surface area contributed by atoms with Crippen LogP contribution >= 0.6 is 0 Å². The number of aromatic nitrogens is 1. The zero-order chi connectivity index (χ0) is 14.9. The Hall–Kier alpha value is -2.19. The Bertz CT molecular complexity index is 755. The molecule has 7 nitrogen and oxygen atoms in total. The fourth-order valence-corrected chi connectivity index (χ4v) is 3.11. The molecule has 1 aliphatic rings. The number of aromatic amines is 1. The summed E-state index contributed by atoms with van der Waals surface area (Å²) in [7, 11) is -1.84. The molecule has 0 bridgehead atoms. The largest absolute Gasteiger partial charge is 0.454 e. The summed E-state index contributed by atoms with van der Waals surface area (Å²) in [6.45, 7) is 0.719. The standard InChI is InChI=1S/C13H15N3O4S/c1-14-6-10-4-11(7-15-10)21(17,18)16-9-2-3-12-13(5-9)20-8-19-12/h2-5,7,14-16H,6,8H2,1H3. The number of fused-ring (bicyclic) bond motifs is 1. The van der Waals surface area contributed by atoms with Crippen LogP contribution < -0.4 is 19.5 Å². The molecule has 112 valence electrons. The fraction of sp³-hybridized carbons (Fsp3) is 0.231. The Balaban J connectivity index is 1.82. The lowest BCUT2D eigenvalue weighted by Gasteiger charge is -2.07. The molecule has 21 heavy (non-hydrogen) atoms. The molecule has 0 atom stereocenters. The molecule has 0 amide bonds. The van der Waals surface area contributed by atoms with Crippen molar-refractivity contribution in [3.63, 3.8) is 0 Å². The normalized spacial score (nSPS) is 13.4. The van der Waals surface area contributed by atoms with Gasteiger partial charge in [0.05, 0.1) is 5.69 Å². The average Bonchev–Trinajstić information content (AvgIpc) is 3.07. The van der Waals surface area contributed by atoms with Crippen LogP contribution in [0.2, 0.25) is 0 Å². The van der Waals surface area contributed by atoms with E-state index in [1.807, 2.05) is 0 Å². The van der Waals surface area contributed by atoms with E-state index in [2.05, 4.69) is 15.0 Å². The number of hydrogen-bond acceptors (Lipinski definition) is 5. The van der Waals surface area contributed by atoms with Crippen molar-refractivity contribution in [3.05, 3.63) is 36.2 Å². The average molecular weight is 309 g/mol. The smallest absolute Gasteiger partial charge is 0.263 e. The minimum atomic E-state index is -3.63. The van der Waals surface area contributed by atoms with Gasteiger partial charge in [-0.3, -0.25) is 4.72 Å². The van der Waals surface area contributed by atoms with E-state index in [9.17, 15) is 8.42 Å². The topological polar surface area (TPSA) is 92.5 Å². The zero-order valence-corrected chi connectivity index (χ0v) is 12.2. The van der Waals surface area contributed by atoms with Gasteiger partial charge in [-0.1, -0.05) is 0 Å². The molecule has 0 aliphatic carbocycles. The molecule has 0 unspecified atom stereocenters. The van der Waals surface area contributed by atoms with Crippen LogP contribution in [0.5, 0.6) is 11.5 Å². The Kier molecular flexibility index (Phi) is 3.48. The number of ether oxygens (including phenoxy) is 2. The van der Waals surface area contributed by atoms with E-state index < -0.39 is 10.0 Å². The lowest BCUT2D eigenvalue weighted by Crippen LogP contribution is -2.12. The number of anilines is 1. The summed E-state index contributed by atoms with van der Waals surface area (Å²) in [6.07, 6.45) is 1.46. The third-order valence-corrected chi connectivity index (χ3v) is 4.38. The van der Waals surface area contributed by atoms with Crippen molar-refractivity contribution in [1.29, 1.82) is 0 Å². The van der Waals surface area contributed by atoms with Crippen LogP contribution in [-0.2, 0) is 16.6 Å². The Morgan fingerprint density at radius 3 is 2.86 bits per heavy atom. The van der Waals surface area contributed by atoms with Crippen molar-refractivity contribution in [1.82, 2.24) is 10.3 Å². The maximum absolute atomic E-state index is 12.3. The highest BCUT2D eigenvalue weighted by Crippen LogP contribution is 2.34. The molecule has 1 aliphatic heterocycles. The Morgan fingerprint density at radius 1 is 1.24 bits per heavy atom. The third kappa shape index (κ3) is 2.81. The van der Waals surface area contributed by atoms with E-state index in [4.69, 9.17) is 9.47 Å². The minimum Gasteiger partial charge on any atom is -0.454 e. The molecule has 1 aromatic carbocycles. The van der Waals surface area contributed by atoms with Gasteiger partial charge in [0.15, 0.2) is 11.5 Å². The molecule has 2 heterocycles. The van der Waals surface area contributed by atoms with Gasteiger partial charge >= 0.3 is 0 Å². The summed E-state index contributed by atoms with van der Waals surface area (Å²) in [4.78, 5) is 3.10. The molecule has 2 aromatic rings. The Morgan fingerprint density at radius 2 is 2.05 bits per heavy atom. The molecule has 3 N–H and O–H groups in total. The summed E-state index contributed by atoms with van der Waals surface area (Å²) in [5.41, 5.74) is 1.22. The molecule has 1 aromatic heterocycles. The second-order valence-corrected chi connectivity index (χ2v) is 6.25. The van der Waals surface area contributed by atoms with Crippen molar-refractivity contribution >= 4 is 15.7 Å². The summed E-state index contributed by atoms with van der Waals surface area (Å²) in [5.74, 6) is 1.14. The van der Waals surface area contributed by atoms with Gasteiger partial charge in [0.25, 0.3) is 10.0 Å². The number of rotatable bonds is 5. The number of H-pyrrole nitrogens is 1. The highest BCUT2D eigenvalue weighted by atomic mass is 32.2. The number of sulfonamides is 1. The van der Waals surface area contributed by atoms with Gasteiger partial charge in [-0.2, -0.15) is 0 Å². The van der Waals surface area contributed by atoms with Crippen LogP contribution in [0, 0.1) is 0 Å². The summed E-state index contributed by atoms with van der Waals surface area (Å²) in [5, 5.41) is 2.95. The van der Waals surface area contributed by atoms with Gasteiger partial charge in [-0.15, -0.1) is 0 Å².